The SMILES string of the molecule is O.c1ccc(Oc2ccccc2)cc1.c1ccc(Oc2ccccc2)cc1. The molecule has 0 bridgehead atoms. The van der Waals surface area contributed by atoms with E-state index in [-0.39, 0.29) is 5.48 Å². The molecule has 2 N–H and O–H groups in total. The molecule has 0 radical (unpaired) electrons. The quantitative estimate of drug-likeness (QED) is 0.440. The second-order valence-electron chi connectivity index (χ2n) is 5.46. The van der Waals surface area contributed by atoms with Crippen LogP contribution in [0.25, 0.3) is 0 Å². The maximum absolute atomic E-state index is 5.58. The molecular weight excluding hydrogens is 336 g/mol. The van der Waals surface area contributed by atoms with Gasteiger partial charge in [0.2, 0.25) is 0 Å². The van der Waals surface area contributed by atoms with Gasteiger partial charge >= 0.3 is 0 Å². The van der Waals surface area contributed by atoms with Gasteiger partial charge in [-0.3, -0.25) is 0 Å². The van der Waals surface area contributed by atoms with Crippen LogP contribution in [0.2, 0.25) is 0 Å². The molecule has 0 saturated heterocycles. The molecular formula is C24H22O3. The number of ether oxygens (including phenoxy) is 2. The molecule has 0 heterocycles. The molecule has 0 aromatic heterocycles. The number of hydrogen-bond donors (Lipinski definition) is 0. The van der Waals surface area contributed by atoms with Crippen molar-refractivity contribution in [3.8, 4) is 23.0 Å². The molecule has 3 nitrogen and oxygen atoms in total. The topological polar surface area (TPSA) is 50.0 Å². The van der Waals surface area contributed by atoms with Crippen molar-refractivity contribution in [3.05, 3.63) is 121 Å². The minimum absolute atomic E-state index is 0. The molecule has 0 spiro atoms. The first-order valence-corrected chi connectivity index (χ1v) is 8.46. The molecule has 0 atom stereocenters. The minimum atomic E-state index is 0. The van der Waals surface area contributed by atoms with Gasteiger partial charge in [-0.15, -0.1) is 0 Å². The van der Waals surface area contributed by atoms with Gasteiger partial charge in [0.05, 0.1) is 0 Å². The number of para-hydroxylation sites is 4. The molecule has 4 aromatic carbocycles. The smallest absolute Gasteiger partial charge is 0.127 e. The van der Waals surface area contributed by atoms with Crippen molar-refractivity contribution in [3.63, 3.8) is 0 Å². The van der Waals surface area contributed by atoms with Gasteiger partial charge in [0.25, 0.3) is 0 Å². The first-order chi connectivity index (χ1) is 12.9. The van der Waals surface area contributed by atoms with Crippen LogP contribution in [0, 0.1) is 0 Å². The standard InChI is InChI=1S/2C12H10O.H2O/c2*1-3-7-11(8-4-1)13-12-9-5-2-6-10-12;/h2*1-10H;1H2. The second-order valence-corrected chi connectivity index (χ2v) is 5.46. The number of rotatable bonds is 4. The second kappa shape index (κ2) is 11.1. The van der Waals surface area contributed by atoms with Crippen LogP contribution in [-0.2, 0) is 0 Å². The van der Waals surface area contributed by atoms with Gasteiger partial charge < -0.3 is 14.9 Å². The van der Waals surface area contributed by atoms with Gasteiger partial charge in [-0.25, -0.2) is 0 Å². The van der Waals surface area contributed by atoms with Crippen molar-refractivity contribution in [2.45, 2.75) is 0 Å². The van der Waals surface area contributed by atoms with E-state index in [1.165, 1.54) is 0 Å². The Bertz CT molecular complexity index is 712. The Kier molecular flexibility index (Phi) is 8.15. The lowest BCUT2D eigenvalue weighted by Crippen LogP contribution is -1.81. The average Bonchev–Trinajstić information content (AvgIpc) is 2.72. The summed E-state index contributed by atoms with van der Waals surface area (Å²) in [7, 11) is 0. The van der Waals surface area contributed by atoms with Crippen molar-refractivity contribution in [1.82, 2.24) is 0 Å². The fraction of sp³-hybridized carbons (Fsp3) is 0. The van der Waals surface area contributed by atoms with E-state index in [2.05, 4.69) is 0 Å². The molecule has 4 aromatic rings. The van der Waals surface area contributed by atoms with Gasteiger partial charge in [0, 0.05) is 0 Å². The van der Waals surface area contributed by atoms with Gasteiger partial charge in [0.15, 0.2) is 0 Å². The van der Waals surface area contributed by atoms with E-state index in [1.54, 1.807) is 0 Å². The third-order valence-corrected chi connectivity index (χ3v) is 3.44. The van der Waals surface area contributed by atoms with Crippen LogP contribution in [0.1, 0.15) is 0 Å². The van der Waals surface area contributed by atoms with Crippen LogP contribution in [-0.4, -0.2) is 5.48 Å². The zero-order valence-corrected chi connectivity index (χ0v) is 14.9. The van der Waals surface area contributed by atoms with E-state index >= 15 is 0 Å². The van der Waals surface area contributed by atoms with Crippen molar-refractivity contribution in [2.75, 3.05) is 0 Å². The molecule has 0 aliphatic heterocycles. The predicted octanol–water partition coefficient (Wildman–Crippen LogP) is 6.13. The van der Waals surface area contributed by atoms with Gasteiger partial charge in [-0.2, -0.15) is 0 Å². The van der Waals surface area contributed by atoms with Crippen molar-refractivity contribution < 1.29 is 14.9 Å². The molecule has 3 heteroatoms. The van der Waals surface area contributed by atoms with Crippen molar-refractivity contribution in [2.24, 2.45) is 0 Å². The number of benzene rings is 4. The Morgan fingerprint density at radius 3 is 0.667 bits per heavy atom. The van der Waals surface area contributed by atoms with Crippen LogP contribution >= 0.6 is 0 Å². The highest BCUT2D eigenvalue weighted by atomic mass is 16.5. The normalized spacial score (nSPS) is 9.19. The highest BCUT2D eigenvalue weighted by Crippen LogP contribution is 2.20. The molecule has 4 rings (SSSR count). The lowest BCUT2D eigenvalue weighted by atomic mass is 10.3. The zero-order valence-electron chi connectivity index (χ0n) is 14.9. The molecule has 0 aliphatic carbocycles. The van der Waals surface area contributed by atoms with E-state index < -0.39 is 0 Å². The molecule has 0 amide bonds. The van der Waals surface area contributed by atoms with Crippen molar-refractivity contribution in [1.29, 1.82) is 0 Å². The van der Waals surface area contributed by atoms with Crippen molar-refractivity contribution >= 4 is 0 Å². The Labute approximate surface area is 159 Å². The Morgan fingerprint density at radius 1 is 0.296 bits per heavy atom. The average molecular weight is 358 g/mol. The third-order valence-electron chi connectivity index (χ3n) is 3.44. The minimum Gasteiger partial charge on any atom is -0.457 e. The molecule has 0 saturated carbocycles. The first kappa shape index (κ1) is 19.8. The number of hydrogen-bond acceptors (Lipinski definition) is 2. The van der Waals surface area contributed by atoms with Crippen LogP contribution in [0.15, 0.2) is 121 Å². The highest BCUT2D eigenvalue weighted by Gasteiger charge is 1.93. The van der Waals surface area contributed by atoms with Crippen LogP contribution in [0.4, 0.5) is 0 Å². The predicted molar refractivity (Wildman–Crippen MR) is 110 cm³/mol. The molecule has 0 unspecified atom stereocenters. The fourth-order valence-electron chi connectivity index (χ4n) is 2.23. The van der Waals surface area contributed by atoms with Gasteiger partial charge in [0.1, 0.15) is 23.0 Å². The van der Waals surface area contributed by atoms with E-state index in [1.807, 2.05) is 121 Å². The summed E-state index contributed by atoms with van der Waals surface area (Å²) < 4.78 is 11.2. The summed E-state index contributed by atoms with van der Waals surface area (Å²) in [5, 5.41) is 0. The maximum Gasteiger partial charge on any atom is 0.127 e. The first-order valence-electron chi connectivity index (χ1n) is 8.46. The summed E-state index contributed by atoms with van der Waals surface area (Å²) in [6.07, 6.45) is 0. The molecule has 136 valence electrons. The zero-order chi connectivity index (χ0) is 17.9. The summed E-state index contributed by atoms with van der Waals surface area (Å²) in [5.41, 5.74) is 0. The molecule has 0 fully saturated rings. The summed E-state index contributed by atoms with van der Waals surface area (Å²) in [6.45, 7) is 0. The monoisotopic (exact) mass is 358 g/mol. The summed E-state index contributed by atoms with van der Waals surface area (Å²) in [6, 6.07) is 39.0. The third kappa shape index (κ3) is 7.06. The van der Waals surface area contributed by atoms with Crippen LogP contribution < -0.4 is 9.47 Å². The molecule has 27 heavy (non-hydrogen) atoms. The van der Waals surface area contributed by atoms with Crippen LogP contribution in [0.3, 0.4) is 0 Å². The summed E-state index contributed by atoms with van der Waals surface area (Å²) >= 11 is 0. The summed E-state index contributed by atoms with van der Waals surface area (Å²) in [5.74, 6) is 3.48. The Morgan fingerprint density at radius 2 is 0.481 bits per heavy atom. The lowest BCUT2D eigenvalue weighted by molar-refractivity contribution is 0.482. The maximum atomic E-state index is 5.58. The van der Waals surface area contributed by atoms with E-state index in [0.29, 0.717) is 0 Å². The van der Waals surface area contributed by atoms with E-state index in [4.69, 9.17) is 9.47 Å². The van der Waals surface area contributed by atoms with Gasteiger partial charge in [-0.1, -0.05) is 72.8 Å². The van der Waals surface area contributed by atoms with Crippen LogP contribution in [0.5, 0.6) is 23.0 Å². The summed E-state index contributed by atoms with van der Waals surface area (Å²) in [4.78, 5) is 0. The largest absolute Gasteiger partial charge is 0.457 e. The highest BCUT2D eigenvalue weighted by molar-refractivity contribution is 5.31. The van der Waals surface area contributed by atoms with Gasteiger partial charge in [-0.05, 0) is 48.5 Å². The van der Waals surface area contributed by atoms with E-state index in [0.717, 1.165) is 23.0 Å². The lowest BCUT2D eigenvalue weighted by Gasteiger charge is -2.03. The Balaban J connectivity index is 0.000000187. The molecule has 0 aliphatic rings. The van der Waals surface area contributed by atoms with E-state index in [9.17, 15) is 0 Å². The Hall–Kier alpha value is -3.56. The fourth-order valence-corrected chi connectivity index (χ4v) is 2.23.